The van der Waals surface area contributed by atoms with Crippen LogP contribution in [0.15, 0.2) is 65.1 Å². The third-order valence-corrected chi connectivity index (χ3v) is 3.91. The van der Waals surface area contributed by atoms with E-state index >= 15 is 0 Å². The number of amides is 1. The first-order chi connectivity index (χ1) is 12.5. The first kappa shape index (κ1) is 17.2. The van der Waals surface area contributed by atoms with Gasteiger partial charge in [0, 0.05) is 29.5 Å². The number of carboxylic acid groups (broad SMARTS) is 1. The Bertz CT molecular complexity index is 1010. The average Bonchev–Trinajstić information content (AvgIpc) is 2.94. The van der Waals surface area contributed by atoms with Gasteiger partial charge in [-0.3, -0.25) is 9.78 Å². The molecule has 1 N–H and O–H groups in total. The number of aryl methyl sites for hydroxylation is 1. The Kier molecular flexibility index (Phi) is 4.70. The van der Waals surface area contributed by atoms with Crippen LogP contribution in [-0.4, -0.2) is 26.5 Å². The number of rotatable bonds is 4. The van der Waals surface area contributed by atoms with Crippen LogP contribution in [0.4, 0.5) is 5.69 Å². The molecule has 0 atom stereocenters. The zero-order valence-corrected chi connectivity index (χ0v) is 14.2. The summed E-state index contributed by atoms with van der Waals surface area (Å²) in [5.74, 6) is -1.47. The molecule has 0 fully saturated rings. The van der Waals surface area contributed by atoms with E-state index in [-0.39, 0.29) is 5.56 Å². The van der Waals surface area contributed by atoms with Crippen molar-refractivity contribution in [3.05, 3.63) is 77.4 Å². The van der Waals surface area contributed by atoms with Crippen molar-refractivity contribution in [1.82, 2.24) is 9.55 Å². The van der Waals surface area contributed by atoms with Gasteiger partial charge >= 0.3 is 5.97 Å². The van der Waals surface area contributed by atoms with Gasteiger partial charge in [-0.05, 0) is 50.2 Å². The number of aromatic nitrogens is 2. The highest BCUT2D eigenvalue weighted by Crippen LogP contribution is 2.27. The van der Waals surface area contributed by atoms with Crippen molar-refractivity contribution in [2.75, 3.05) is 0 Å². The Balaban J connectivity index is 1.94. The molecule has 3 rings (SSSR count). The minimum absolute atomic E-state index is 0.199. The van der Waals surface area contributed by atoms with E-state index in [0.717, 1.165) is 11.4 Å². The molecule has 0 unspecified atom stereocenters. The number of hydrogen-bond donors (Lipinski definition) is 1. The van der Waals surface area contributed by atoms with Crippen molar-refractivity contribution in [3.63, 3.8) is 0 Å². The minimum atomic E-state index is -0.990. The van der Waals surface area contributed by atoms with Crippen LogP contribution in [0.3, 0.4) is 0 Å². The lowest BCUT2D eigenvalue weighted by molar-refractivity contribution is 0.0696. The third kappa shape index (κ3) is 3.41. The zero-order valence-electron chi connectivity index (χ0n) is 14.2. The normalized spacial score (nSPS) is 11.0. The Morgan fingerprint density at radius 2 is 1.85 bits per heavy atom. The van der Waals surface area contributed by atoms with Crippen molar-refractivity contribution in [2.24, 2.45) is 10.2 Å². The lowest BCUT2D eigenvalue weighted by Gasteiger charge is -2.10. The maximum atomic E-state index is 12.0. The molecule has 2 aromatic heterocycles. The molecule has 2 heterocycles. The molecule has 0 aliphatic heterocycles. The van der Waals surface area contributed by atoms with Crippen LogP contribution in [0, 0.1) is 13.8 Å². The molecule has 1 aromatic carbocycles. The number of carbonyl (C=O) groups excluding carboxylic acids is 1. The van der Waals surface area contributed by atoms with Crippen molar-refractivity contribution < 1.29 is 14.7 Å². The first-order valence-corrected chi connectivity index (χ1v) is 7.86. The summed E-state index contributed by atoms with van der Waals surface area (Å²) in [4.78, 5) is 27.1. The van der Waals surface area contributed by atoms with Gasteiger partial charge in [-0.1, -0.05) is 6.07 Å². The molecule has 7 nitrogen and oxygen atoms in total. The Morgan fingerprint density at radius 1 is 1.08 bits per heavy atom. The third-order valence-electron chi connectivity index (χ3n) is 3.91. The molecule has 0 spiro atoms. The van der Waals surface area contributed by atoms with Crippen LogP contribution in [0.25, 0.3) is 5.69 Å². The second-order valence-electron chi connectivity index (χ2n) is 5.69. The molecule has 26 heavy (non-hydrogen) atoms. The van der Waals surface area contributed by atoms with Crippen LogP contribution in [0.2, 0.25) is 0 Å². The number of carboxylic acids is 1. The van der Waals surface area contributed by atoms with Gasteiger partial charge in [0.05, 0.1) is 11.1 Å². The van der Waals surface area contributed by atoms with E-state index in [0.29, 0.717) is 16.9 Å². The van der Waals surface area contributed by atoms with Crippen molar-refractivity contribution in [3.8, 4) is 5.69 Å². The highest BCUT2D eigenvalue weighted by atomic mass is 16.4. The first-order valence-electron chi connectivity index (χ1n) is 7.86. The van der Waals surface area contributed by atoms with Gasteiger partial charge in [-0.15, -0.1) is 10.2 Å². The van der Waals surface area contributed by atoms with E-state index in [9.17, 15) is 9.59 Å². The smallest absolute Gasteiger partial charge is 0.335 e. The van der Waals surface area contributed by atoms with Crippen LogP contribution in [-0.2, 0) is 0 Å². The van der Waals surface area contributed by atoms with E-state index < -0.39 is 11.9 Å². The molecule has 130 valence electrons. The van der Waals surface area contributed by atoms with Gasteiger partial charge in [-0.25, -0.2) is 4.79 Å². The fourth-order valence-corrected chi connectivity index (χ4v) is 2.67. The zero-order chi connectivity index (χ0) is 18.7. The Hall–Kier alpha value is -3.61. The van der Waals surface area contributed by atoms with Gasteiger partial charge in [0.1, 0.15) is 5.69 Å². The summed E-state index contributed by atoms with van der Waals surface area (Å²) in [5.41, 5.74) is 3.42. The fraction of sp³-hybridized carbons (Fsp3) is 0.105. The van der Waals surface area contributed by atoms with E-state index in [2.05, 4.69) is 15.2 Å². The van der Waals surface area contributed by atoms with Crippen molar-refractivity contribution >= 4 is 17.6 Å². The van der Waals surface area contributed by atoms with E-state index in [1.165, 1.54) is 12.3 Å². The minimum Gasteiger partial charge on any atom is -0.478 e. The molecule has 0 radical (unpaired) electrons. The largest absolute Gasteiger partial charge is 0.478 e. The fourth-order valence-electron chi connectivity index (χ4n) is 2.67. The topological polar surface area (TPSA) is 96.9 Å². The van der Waals surface area contributed by atoms with E-state index in [1.807, 2.05) is 24.5 Å². The molecule has 0 bridgehead atoms. The molecule has 0 aliphatic carbocycles. The van der Waals surface area contributed by atoms with Gasteiger partial charge in [-0.2, -0.15) is 0 Å². The van der Waals surface area contributed by atoms with Crippen molar-refractivity contribution in [1.29, 1.82) is 0 Å². The summed E-state index contributed by atoms with van der Waals surface area (Å²) in [6.45, 7) is 3.71. The number of benzene rings is 1. The molecule has 7 heteroatoms. The van der Waals surface area contributed by atoms with Gasteiger partial charge < -0.3 is 9.67 Å². The number of pyridine rings is 1. The highest BCUT2D eigenvalue weighted by molar-refractivity contribution is 5.94. The number of nitrogens with zero attached hydrogens (tertiary/aromatic N) is 4. The number of azo groups is 1. The summed E-state index contributed by atoms with van der Waals surface area (Å²) in [7, 11) is 0. The maximum absolute atomic E-state index is 12.0. The van der Waals surface area contributed by atoms with Gasteiger partial charge in [0.15, 0.2) is 0 Å². The standard InChI is InChI=1S/C19H16N4O3/c1-12-9-17(21-22-18(24)15-6-4-8-20-11-15)13(2)23(12)16-7-3-5-14(10-16)19(25)26/h3-11H,1-2H3,(H,25,26). The molecule has 0 saturated carbocycles. The lowest BCUT2D eigenvalue weighted by Crippen LogP contribution is -2.02. The number of aromatic carboxylic acids is 1. The summed E-state index contributed by atoms with van der Waals surface area (Å²) in [6, 6.07) is 11.7. The van der Waals surface area contributed by atoms with Gasteiger partial charge in [0.2, 0.25) is 0 Å². The van der Waals surface area contributed by atoms with Crippen molar-refractivity contribution in [2.45, 2.75) is 13.8 Å². The average molecular weight is 348 g/mol. The molecular weight excluding hydrogens is 332 g/mol. The van der Waals surface area contributed by atoms with Crippen LogP contribution < -0.4 is 0 Å². The number of carbonyl (C=O) groups is 2. The Labute approximate surface area is 149 Å². The predicted octanol–water partition coefficient (Wildman–Crippen LogP) is 4.11. The number of hydrogen-bond acceptors (Lipinski definition) is 4. The lowest BCUT2D eigenvalue weighted by atomic mass is 10.2. The highest BCUT2D eigenvalue weighted by Gasteiger charge is 2.13. The predicted molar refractivity (Wildman–Crippen MR) is 95.3 cm³/mol. The second-order valence-corrected chi connectivity index (χ2v) is 5.69. The maximum Gasteiger partial charge on any atom is 0.335 e. The van der Waals surface area contributed by atoms with E-state index in [1.54, 1.807) is 36.5 Å². The summed E-state index contributed by atoms with van der Waals surface area (Å²) in [6.07, 6.45) is 3.01. The SMILES string of the molecule is Cc1cc(N=NC(=O)c2cccnc2)c(C)n1-c1cccc(C(=O)O)c1. The quantitative estimate of drug-likeness (QED) is 0.717. The summed E-state index contributed by atoms with van der Waals surface area (Å²) in [5, 5.41) is 17.0. The van der Waals surface area contributed by atoms with Gasteiger partial charge in [0.25, 0.3) is 5.91 Å². The van der Waals surface area contributed by atoms with Crippen LogP contribution in [0.5, 0.6) is 0 Å². The Morgan fingerprint density at radius 3 is 2.54 bits per heavy atom. The summed E-state index contributed by atoms with van der Waals surface area (Å²) >= 11 is 0. The van der Waals surface area contributed by atoms with Crippen LogP contribution in [0.1, 0.15) is 32.1 Å². The second kappa shape index (κ2) is 7.10. The monoisotopic (exact) mass is 348 g/mol. The van der Waals surface area contributed by atoms with E-state index in [4.69, 9.17) is 5.11 Å². The van der Waals surface area contributed by atoms with Crippen LogP contribution >= 0.6 is 0 Å². The summed E-state index contributed by atoms with van der Waals surface area (Å²) < 4.78 is 1.87. The molecule has 3 aromatic rings. The molecule has 0 aliphatic rings. The molecular formula is C19H16N4O3. The molecule has 1 amide bonds. The molecule has 0 saturated heterocycles.